The van der Waals surface area contributed by atoms with Gasteiger partial charge in [-0.1, -0.05) is 15.9 Å². The van der Waals surface area contributed by atoms with Gasteiger partial charge >= 0.3 is 0 Å². The van der Waals surface area contributed by atoms with E-state index in [1.807, 2.05) is 6.07 Å². The first-order valence-electron chi connectivity index (χ1n) is 8.71. The van der Waals surface area contributed by atoms with Crippen LogP contribution in [0.2, 0.25) is 0 Å². The molecule has 0 aliphatic rings. The maximum atomic E-state index is 12.9. The van der Waals surface area contributed by atoms with Crippen molar-refractivity contribution in [1.82, 2.24) is 14.5 Å². The highest BCUT2D eigenvalue weighted by Gasteiger charge is 2.11. The summed E-state index contributed by atoms with van der Waals surface area (Å²) in [5.41, 5.74) is 0.437. The lowest BCUT2D eigenvalue weighted by Crippen LogP contribution is -2.32. The number of ether oxygens (including phenoxy) is 1. The highest BCUT2D eigenvalue weighted by atomic mass is 79.9. The smallest absolute Gasteiger partial charge is 0.261 e. The van der Waals surface area contributed by atoms with E-state index in [-0.39, 0.29) is 30.2 Å². The first-order valence-corrected chi connectivity index (χ1v) is 9.50. The number of amides is 1. The molecule has 0 saturated carbocycles. The Bertz CT molecular complexity index is 1040. The van der Waals surface area contributed by atoms with Crippen LogP contribution in [0.15, 0.2) is 58.1 Å². The van der Waals surface area contributed by atoms with Gasteiger partial charge < -0.3 is 9.64 Å². The lowest BCUT2D eigenvalue weighted by atomic mass is 10.2. The molecule has 0 unspecified atom stereocenters. The molecule has 1 heterocycles. The second-order valence-electron chi connectivity index (χ2n) is 6.27. The fourth-order valence-electron chi connectivity index (χ4n) is 2.65. The van der Waals surface area contributed by atoms with Crippen LogP contribution in [0, 0.1) is 5.82 Å². The SMILES string of the molecule is CN(CCOc1ccc(F)cc1)C(=O)CCn1cnc2ccc(Br)cc2c1=O. The quantitative estimate of drug-likeness (QED) is 0.557. The van der Waals surface area contributed by atoms with Crippen LogP contribution in [-0.4, -0.2) is 40.6 Å². The molecule has 146 valence electrons. The topological polar surface area (TPSA) is 64.4 Å². The molecule has 0 radical (unpaired) electrons. The van der Waals surface area contributed by atoms with Crippen molar-refractivity contribution < 1.29 is 13.9 Å². The predicted molar refractivity (Wildman–Crippen MR) is 108 cm³/mol. The normalized spacial score (nSPS) is 10.8. The van der Waals surface area contributed by atoms with Crippen LogP contribution in [-0.2, 0) is 11.3 Å². The number of benzene rings is 2. The Morgan fingerprint density at radius 3 is 2.75 bits per heavy atom. The Morgan fingerprint density at radius 2 is 2.00 bits per heavy atom. The lowest BCUT2D eigenvalue weighted by molar-refractivity contribution is -0.130. The zero-order valence-corrected chi connectivity index (χ0v) is 16.9. The molecule has 0 saturated heterocycles. The van der Waals surface area contributed by atoms with E-state index in [9.17, 15) is 14.0 Å². The van der Waals surface area contributed by atoms with Crippen molar-refractivity contribution in [3.8, 4) is 5.75 Å². The number of fused-ring (bicyclic) bond motifs is 1. The van der Waals surface area contributed by atoms with Crippen LogP contribution in [0.1, 0.15) is 6.42 Å². The molecule has 28 heavy (non-hydrogen) atoms. The Balaban J connectivity index is 1.53. The third-order valence-electron chi connectivity index (χ3n) is 4.29. The average molecular weight is 448 g/mol. The number of rotatable bonds is 7. The zero-order valence-electron chi connectivity index (χ0n) is 15.3. The summed E-state index contributed by atoms with van der Waals surface area (Å²) in [6.07, 6.45) is 1.64. The molecule has 1 amide bonds. The highest BCUT2D eigenvalue weighted by Crippen LogP contribution is 2.15. The average Bonchev–Trinajstić information content (AvgIpc) is 2.69. The van der Waals surface area contributed by atoms with Gasteiger partial charge in [-0.05, 0) is 42.5 Å². The van der Waals surface area contributed by atoms with Gasteiger partial charge in [0.1, 0.15) is 18.2 Å². The summed E-state index contributed by atoms with van der Waals surface area (Å²) in [6.45, 7) is 0.920. The van der Waals surface area contributed by atoms with Gasteiger partial charge in [0.15, 0.2) is 0 Å². The van der Waals surface area contributed by atoms with Crippen molar-refractivity contribution in [2.24, 2.45) is 0 Å². The van der Waals surface area contributed by atoms with Gasteiger partial charge in [0.2, 0.25) is 5.91 Å². The van der Waals surface area contributed by atoms with Crippen molar-refractivity contribution in [1.29, 1.82) is 0 Å². The Labute approximate surface area is 169 Å². The number of likely N-dealkylation sites (N-methyl/N-ethyl adjacent to an activating group) is 1. The minimum atomic E-state index is -0.328. The number of hydrogen-bond donors (Lipinski definition) is 0. The molecule has 0 aliphatic heterocycles. The lowest BCUT2D eigenvalue weighted by Gasteiger charge is -2.18. The first-order chi connectivity index (χ1) is 13.4. The van der Waals surface area contributed by atoms with Crippen LogP contribution >= 0.6 is 15.9 Å². The molecular weight excluding hydrogens is 429 g/mol. The van der Waals surface area contributed by atoms with E-state index in [1.54, 1.807) is 24.1 Å². The number of halogens is 2. The fraction of sp³-hybridized carbons (Fsp3) is 0.250. The molecule has 0 bridgehead atoms. The summed E-state index contributed by atoms with van der Waals surface area (Å²) in [4.78, 5) is 30.7. The van der Waals surface area contributed by atoms with Crippen molar-refractivity contribution in [3.63, 3.8) is 0 Å². The van der Waals surface area contributed by atoms with Gasteiger partial charge in [0.25, 0.3) is 5.56 Å². The first kappa shape index (κ1) is 20.0. The van der Waals surface area contributed by atoms with Gasteiger partial charge in [0, 0.05) is 24.5 Å². The molecule has 8 heteroatoms. The van der Waals surface area contributed by atoms with Gasteiger partial charge in [-0.3, -0.25) is 14.2 Å². The van der Waals surface area contributed by atoms with Crippen LogP contribution in [0.25, 0.3) is 10.9 Å². The van der Waals surface area contributed by atoms with E-state index < -0.39 is 0 Å². The number of aryl methyl sites for hydroxylation is 1. The monoisotopic (exact) mass is 447 g/mol. The van der Waals surface area contributed by atoms with Crippen LogP contribution in [0.3, 0.4) is 0 Å². The molecule has 1 aromatic heterocycles. The summed E-state index contributed by atoms with van der Waals surface area (Å²) in [5, 5.41) is 0.505. The standard InChI is InChI=1S/C20H19BrFN3O3/c1-24(10-11-28-16-5-3-15(22)4-6-16)19(26)8-9-25-13-23-18-7-2-14(21)12-17(18)20(25)27/h2-7,12-13H,8-11H2,1H3. The molecule has 6 nitrogen and oxygen atoms in total. The molecule has 0 aliphatic carbocycles. The van der Waals surface area contributed by atoms with E-state index in [1.165, 1.54) is 35.2 Å². The number of carbonyl (C=O) groups excluding carboxylic acids is 1. The number of aromatic nitrogens is 2. The summed E-state index contributed by atoms with van der Waals surface area (Å²) in [6, 6.07) is 11.0. The molecule has 3 rings (SSSR count). The third-order valence-corrected chi connectivity index (χ3v) is 4.78. The second-order valence-corrected chi connectivity index (χ2v) is 7.19. The predicted octanol–water partition coefficient (Wildman–Crippen LogP) is 3.23. The molecule has 0 fully saturated rings. The fourth-order valence-corrected chi connectivity index (χ4v) is 3.01. The maximum absolute atomic E-state index is 12.9. The van der Waals surface area contributed by atoms with Crippen LogP contribution < -0.4 is 10.3 Å². The Morgan fingerprint density at radius 1 is 1.25 bits per heavy atom. The van der Waals surface area contributed by atoms with E-state index in [2.05, 4.69) is 20.9 Å². The van der Waals surface area contributed by atoms with Gasteiger partial charge in [-0.25, -0.2) is 9.37 Å². The molecular formula is C20H19BrFN3O3. The van der Waals surface area contributed by atoms with Crippen molar-refractivity contribution in [2.75, 3.05) is 20.2 Å². The van der Waals surface area contributed by atoms with Crippen LogP contribution in [0.5, 0.6) is 5.75 Å². The van der Waals surface area contributed by atoms with Crippen LogP contribution in [0.4, 0.5) is 4.39 Å². The maximum Gasteiger partial charge on any atom is 0.261 e. The molecule has 0 N–H and O–H groups in total. The van der Waals surface area contributed by atoms with Crippen molar-refractivity contribution >= 4 is 32.7 Å². The van der Waals surface area contributed by atoms with Gasteiger partial charge in [-0.15, -0.1) is 0 Å². The Kier molecular flexibility index (Phi) is 6.41. The molecule has 0 spiro atoms. The molecule has 3 aromatic rings. The highest BCUT2D eigenvalue weighted by molar-refractivity contribution is 9.10. The third kappa shape index (κ3) is 4.95. The molecule has 0 atom stereocenters. The minimum Gasteiger partial charge on any atom is -0.492 e. The van der Waals surface area contributed by atoms with E-state index in [0.717, 1.165) is 4.47 Å². The minimum absolute atomic E-state index is 0.107. The number of hydrogen-bond acceptors (Lipinski definition) is 4. The summed E-state index contributed by atoms with van der Waals surface area (Å²) >= 11 is 3.35. The van der Waals surface area contributed by atoms with E-state index in [4.69, 9.17) is 4.74 Å². The number of carbonyl (C=O) groups is 1. The Hall–Kier alpha value is -2.74. The van der Waals surface area contributed by atoms with Crippen molar-refractivity contribution in [2.45, 2.75) is 13.0 Å². The second kappa shape index (κ2) is 8.97. The number of nitrogens with zero attached hydrogens (tertiary/aromatic N) is 3. The molecule has 2 aromatic carbocycles. The largest absolute Gasteiger partial charge is 0.492 e. The van der Waals surface area contributed by atoms with Gasteiger partial charge in [0.05, 0.1) is 23.8 Å². The van der Waals surface area contributed by atoms with Crippen molar-refractivity contribution in [3.05, 3.63) is 69.4 Å². The summed E-state index contributed by atoms with van der Waals surface area (Å²) < 4.78 is 20.6. The van der Waals surface area contributed by atoms with Gasteiger partial charge in [-0.2, -0.15) is 0 Å². The van der Waals surface area contributed by atoms with E-state index >= 15 is 0 Å². The summed E-state index contributed by atoms with van der Waals surface area (Å²) in [5.74, 6) is 0.108. The summed E-state index contributed by atoms with van der Waals surface area (Å²) in [7, 11) is 1.68. The van der Waals surface area contributed by atoms with E-state index in [0.29, 0.717) is 29.8 Å². The zero-order chi connectivity index (χ0) is 20.1.